The first-order valence-electron chi connectivity index (χ1n) is 10.1. The first-order valence-corrected chi connectivity index (χ1v) is 12.4. The number of aliphatic hydroxyl groups excluding tert-OH is 1. The van der Waals surface area contributed by atoms with Crippen LogP contribution in [0.5, 0.6) is 5.75 Å². The summed E-state index contributed by atoms with van der Waals surface area (Å²) < 4.78 is 34.7. The van der Waals surface area contributed by atoms with E-state index in [0.717, 1.165) is 11.3 Å². The van der Waals surface area contributed by atoms with Gasteiger partial charge < -0.3 is 19.6 Å². The molecule has 1 aromatic heterocycles. The summed E-state index contributed by atoms with van der Waals surface area (Å²) in [6.07, 6.45) is -0.289. The lowest BCUT2D eigenvalue weighted by Crippen LogP contribution is -2.49. The Balaban J connectivity index is 2.09. The fraction of sp³-hybridized carbons (Fsp3) is 0.476. The number of hydrogen-bond donors (Lipinski definition) is 2. The molecule has 2 aromatic rings. The van der Waals surface area contributed by atoms with Crippen molar-refractivity contribution in [1.82, 2.24) is 9.80 Å². The highest BCUT2D eigenvalue weighted by Gasteiger charge is 2.34. The van der Waals surface area contributed by atoms with Gasteiger partial charge in [-0.3, -0.25) is 9.52 Å². The summed E-state index contributed by atoms with van der Waals surface area (Å²) in [5.74, 6) is -0.138. The molecule has 0 aliphatic carbocycles. The van der Waals surface area contributed by atoms with Crippen LogP contribution in [0, 0.1) is 5.92 Å². The van der Waals surface area contributed by atoms with E-state index in [4.69, 9.17) is 4.74 Å². The van der Waals surface area contributed by atoms with Gasteiger partial charge in [0.05, 0.1) is 23.9 Å². The third-order valence-corrected chi connectivity index (χ3v) is 8.00. The van der Waals surface area contributed by atoms with Crippen LogP contribution in [-0.2, 0) is 10.0 Å². The monoisotopic (exact) mass is 467 g/mol. The van der Waals surface area contributed by atoms with E-state index in [2.05, 4.69) is 4.72 Å². The number of ether oxygens (including phenoxy) is 1. The lowest BCUT2D eigenvalue weighted by molar-refractivity contribution is 0.0366. The minimum Gasteiger partial charge on any atom is -0.486 e. The number of amides is 1. The van der Waals surface area contributed by atoms with Gasteiger partial charge in [-0.2, -0.15) is 0 Å². The molecule has 1 amide bonds. The molecule has 3 atom stereocenters. The summed E-state index contributed by atoms with van der Waals surface area (Å²) >= 11 is 1.11. The molecule has 2 N–H and O–H groups in total. The van der Waals surface area contributed by atoms with Crippen LogP contribution in [0.4, 0.5) is 5.69 Å². The molecule has 0 radical (unpaired) electrons. The second-order valence-electron chi connectivity index (χ2n) is 8.10. The number of hydrogen-bond acceptors (Lipinski definition) is 7. The van der Waals surface area contributed by atoms with Gasteiger partial charge in [-0.1, -0.05) is 19.1 Å². The van der Waals surface area contributed by atoms with Gasteiger partial charge in [0.2, 0.25) is 0 Å². The van der Waals surface area contributed by atoms with Gasteiger partial charge in [0.25, 0.3) is 15.9 Å². The SMILES string of the molecule is C[C@@H]1CN([C@@H](C)CO)C(=O)c2cccc(NS(=O)(=O)c3cccs3)c2O[C@@H]1CN(C)C. The van der Waals surface area contributed by atoms with E-state index < -0.39 is 10.0 Å². The van der Waals surface area contributed by atoms with Gasteiger partial charge in [0, 0.05) is 19.0 Å². The number of nitrogens with zero attached hydrogens (tertiary/aromatic N) is 2. The van der Waals surface area contributed by atoms with Gasteiger partial charge in [0.15, 0.2) is 5.75 Å². The Kier molecular flexibility index (Phi) is 7.25. The van der Waals surface area contributed by atoms with Crippen molar-refractivity contribution in [2.24, 2.45) is 5.92 Å². The zero-order valence-corrected chi connectivity index (χ0v) is 19.7. The molecule has 1 aliphatic rings. The molecular formula is C21H29N3O5S2. The molecule has 3 rings (SSSR count). The van der Waals surface area contributed by atoms with E-state index in [1.807, 2.05) is 25.9 Å². The molecular weight excluding hydrogens is 438 g/mol. The van der Waals surface area contributed by atoms with E-state index in [1.54, 1.807) is 41.5 Å². The summed E-state index contributed by atoms with van der Waals surface area (Å²) in [6.45, 7) is 4.61. The molecule has 8 nitrogen and oxygen atoms in total. The lowest BCUT2D eigenvalue weighted by Gasteiger charge is -2.38. The summed E-state index contributed by atoms with van der Waals surface area (Å²) in [5, 5.41) is 11.4. The topological polar surface area (TPSA) is 99.2 Å². The number of aliphatic hydroxyl groups is 1. The standard InChI is InChI=1S/C21H29N3O5S2/c1-14-11-24(15(2)13-25)21(26)16-7-5-8-17(20(16)29-18(14)12-23(3)4)22-31(27,28)19-9-6-10-30-19/h5-10,14-15,18,22,25H,11-13H2,1-4H3/t14-,15+,18-/m1/s1. The average Bonchev–Trinajstić information content (AvgIpc) is 3.26. The van der Waals surface area contributed by atoms with E-state index in [-0.39, 0.29) is 51.8 Å². The fourth-order valence-corrected chi connectivity index (χ4v) is 5.57. The molecule has 31 heavy (non-hydrogen) atoms. The molecule has 1 aliphatic heterocycles. The Morgan fingerprint density at radius 3 is 2.68 bits per heavy atom. The van der Waals surface area contributed by atoms with Crippen LogP contribution < -0.4 is 9.46 Å². The first-order chi connectivity index (χ1) is 14.6. The number of thiophene rings is 1. The number of carbonyl (C=O) groups is 1. The van der Waals surface area contributed by atoms with Crippen molar-refractivity contribution in [3.63, 3.8) is 0 Å². The highest BCUT2D eigenvalue weighted by molar-refractivity contribution is 7.94. The molecule has 0 spiro atoms. The Bertz CT molecular complexity index is 1010. The minimum atomic E-state index is -3.82. The molecule has 0 fully saturated rings. The Morgan fingerprint density at radius 1 is 1.32 bits per heavy atom. The minimum absolute atomic E-state index is 0.0459. The van der Waals surface area contributed by atoms with Crippen LogP contribution in [0.25, 0.3) is 0 Å². The van der Waals surface area contributed by atoms with Crippen molar-refractivity contribution in [2.45, 2.75) is 30.2 Å². The number of anilines is 1. The summed E-state index contributed by atoms with van der Waals surface area (Å²) in [4.78, 5) is 17.0. The van der Waals surface area contributed by atoms with Crippen molar-refractivity contribution in [2.75, 3.05) is 38.5 Å². The number of sulfonamides is 1. The number of carbonyl (C=O) groups excluding carboxylic acids is 1. The molecule has 0 bridgehead atoms. The third kappa shape index (κ3) is 5.20. The summed E-state index contributed by atoms with van der Waals surface area (Å²) in [7, 11) is 0.0446. The smallest absolute Gasteiger partial charge is 0.271 e. The van der Waals surface area contributed by atoms with Gasteiger partial charge in [-0.25, -0.2) is 8.42 Å². The predicted molar refractivity (Wildman–Crippen MR) is 121 cm³/mol. The highest BCUT2D eigenvalue weighted by Crippen LogP contribution is 2.36. The van der Waals surface area contributed by atoms with E-state index in [1.165, 1.54) is 6.07 Å². The number of para-hydroxylation sites is 1. The molecule has 10 heteroatoms. The number of benzene rings is 1. The molecule has 0 saturated heterocycles. The van der Waals surface area contributed by atoms with Crippen LogP contribution in [0.1, 0.15) is 24.2 Å². The zero-order chi connectivity index (χ0) is 22.8. The third-order valence-electron chi connectivity index (χ3n) is 5.24. The van der Waals surface area contributed by atoms with Crippen molar-refractivity contribution < 1.29 is 23.1 Å². The van der Waals surface area contributed by atoms with Crippen LogP contribution in [0.15, 0.2) is 39.9 Å². The van der Waals surface area contributed by atoms with Crippen LogP contribution in [0.3, 0.4) is 0 Å². The quantitative estimate of drug-likeness (QED) is 0.649. The highest BCUT2D eigenvalue weighted by atomic mass is 32.2. The van der Waals surface area contributed by atoms with E-state index in [9.17, 15) is 18.3 Å². The Labute approximate surface area is 187 Å². The number of likely N-dealkylation sites (N-methyl/N-ethyl adjacent to an activating group) is 1. The Hall–Kier alpha value is -2.14. The van der Waals surface area contributed by atoms with Crippen molar-refractivity contribution in [1.29, 1.82) is 0 Å². The van der Waals surface area contributed by atoms with Crippen molar-refractivity contribution in [3.8, 4) is 5.75 Å². The van der Waals surface area contributed by atoms with E-state index >= 15 is 0 Å². The molecule has 2 heterocycles. The van der Waals surface area contributed by atoms with Crippen molar-refractivity contribution in [3.05, 3.63) is 41.3 Å². The maximum Gasteiger partial charge on any atom is 0.271 e. The van der Waals surface area contributed by atoms with Gasteiger partial charge in [-0.15, -0.1) is 11.3 Å². The molecule has 170 valence electrons. The number of fused-ring (bicyclic) bond motifs is 1. The van der Waals surface area contributed by atoms with Crippen LogP contribution >= 0.6 is 11.3 Å². The van der Waals surface area contributed by atoms with Gasteiger partial charge in [0.1, 0.15) is 10.3 Å². The van der Waals surface area contributed by atoms with Crippen molar-refractivity contribution >= 4 is 33.0 Å². The number of rotatable bonds is 7. The maximum atomic E-state index is 13.4. The fourth-order valence-electron chi connectivity index (χ4n) is 3.51. The first kappa shape index (κ1) is 23.5. The summed E-state index contributed by atoms with van der Waals surface area (Å²) in [5.41, 5.74) is 0.482. The zero-order valence-electron chi connectivity index (χ0n) is 18.1. The second-order valence-corrected chi connectivity index (χ2v) is 11.0. The molecule has 1 aromatic carbocycles. The van der Waals surface area contributed by atoms with Gasteiger partial charge in [-0.05, 0) is 44.6 Å². The average molecular weight is 468 g/mol. The molecule has 0 unspecified atom stereocenters. The lowest BCUT2D eigenvalue weighted by atomic mass is 9.99. The van der Waals surface area contributed by atoms with Gasteiger partial charge >= 0.3 is 0 Å². The largest absolute Gasteiger partial charge is 0.486 e. The summed E-state index contributed by atoms with van der Waals surface area (Å²) in [6, 6.07) is 7.65. The van der Waals surface area contributed by atoms with Crippen LogP contribution in [-0.4, -0.2) is 75.2 Å². The Morgan fingerprint density at radius 2 is 2.06 bits per heavy atom. The number of nitrogens with one attached hydrogen (secondary N) is 1. The van der Waals surface area contributed by atoms with E-state index in [0.29, 0.717) is 13.1 Å². The second kappa shape index (κ2) is 9.56. The van der Waals surface area contributed by atoms with Crippen LogP contribution in [0.2, 0.25) is 0 Å². The predicted octanol–water partition coefficient (Wildman–Crippen LogP) is 2.33. The molecule has 0 saturated carbocycles. The normalized spacial score (nSPS) is 20.6. The maximum absolute atomic E-state index is 13.4.